The lowest BCUT2D eigenvalue weighted by atomic mass is 9.85. The summed E-state index contributed by atoms with van der Waals surface area (Å²) in [6.07, 6.45) is 6.42. The van der Waals surface area contributed by atoms with Crippen LogP contribution in [-0.2, 0) is 7.05 Å². The molecule has 0 saturated heterocycles. The monoisotopic (exact) mass is 330 g/mol. The molecule has 2 aliphatic carbocycles. The number of fused-ring (bicyclic) bond motifs is 2. The summed E-state index contributed by atoms with van der Waals surface area (Å²) in [5, 5.41) is 4.93. The first-order valence-corrected chi connectivity index (χ1v) is 9.28. The van der Waals surface area contributed by atoms with Gasteiger partial charge < -0.3 is 9.88 Å². The number of ketones is 1. The molecule has 1 saturated carbocycles. The first-order valence-electron chi connectivity index (χ1n) is 9.28. The van der Waals surface area contributed by atoms with Crippen LogP contribution in [0, 0.1) is 0 Å². The quantitative estimate of drug-likeness (QED) is 0.552. The van der Waals surface area contributed by atoms with Crippen molar-refractivity contribution in [2.24, 2.45) is 7.05 Å². The van der Waals surface area contributed by atoms with Crippen molar-refractivity contribution in [1.82, 2.24) is 4.57 Å². The zero-order valence-electron chi connectivity index (χ0n) is 14.5. The number of rotatable bonds is 2. The van der Waals surface area contributed by atoms with Crippen molar-refractivity contribution in [1.29, 1.82) is 0 Å². The number of hydrogen-bond acceptors (Lipinski definition) is 2. The van der Waals surface area contributed by atoms with Crippen LogP contribution in [0.5, 0.6) is 0 Å². The summed E-state index contributed by atoms with van der Waals surface area (Å²) in [5.74, 6) is 1.30. The van der Waals surface area contributed by atoms with Crippen molar-refractivity contribution in [2.45, 2.75) is 38.1 Å². The lowest BCUT2D eigenvalue weighted by Gasteiger charge is -2.25. The van der Waals surface area contributed by atoms with Crippen molar-refractivity contribution < 1.29 is 4.79 Å². The van der Waals surface area contributed by atoms with Crippen molar-refractivity contribution in [3.8, 4) is 11.1 Å². The minimum atomic E-state index is 0.142. The summed E-state index contributed by atoms with van der Waals surface area (Å²) < 4.78 is 2.23. The Morgan fingerprint density at radius 3 is 2.44 bits per heavy atom. The molecule has 0 spiro atoms. The molecule has 3 heteroatoms. The second kappa shape index (κ2) is 5.48. The van der Waals surface area contributed by atoms with Crippen LogP contribution >= 0.6 is 0 Å². The van der Waals surface area contributed by atoms with Gasteiger partial charge in [-0.15, -0.1) is 0 Å². The van der Waals surface area contributed by atoms with Crippen LogP contribution in [0.1, 0.15) is 48.0 Å². The Morgan fingerprint density at radius 2 is 1.64 bits per heavy atom. The Hall–Kier alpha value is -2.55. The summed E-state index contributed by atoms with van der Waals surface area (Å²) in [7, 11) is 2.11. The molecular weight excluding hydrogens is 308 g/mol. The number of nitrogens with one attached hydrogen (secondary N) is 1. The number of anilines is 1. The molecule has 3 aromatic rings. The fraction of sp³-hybridized carbons (Fsp3) is 0.318. The van der Waals surface area contributed by atoms with E-state index in [0.717, 1.165) is 33.4 Å². The van der Waals surface area contributed by atoms with Gasteiger partial charge in [0.05, 0.1) is 5.52 Å². The highest BCUT2D eigenvalue weighted by Gasteiger charge is 2.30. The average Bonchev–Trinajstić information content (AvgIpc) is 2.94. The van der Waals surface area contributed by atoms with Gasteiger partial charge in [0, 0.05) is 35.2 Å². The third-order valence-corrected chi connectivity index (χ3v) is 5.86. The van der Waals surface area contributed by atoms with Gasteiger partial charge in [-0.05, 0) is 24.5 Å². The first-order chi connectivity index (χ1) is 12.3. The summed E-state index contributed by atoms with van der Waals surface area (Å²) >= 11 is 0. The Balaban J connectivity index is 1.78. The second-order valence-corrected chi connectivity index (χ2v) is 7.34. The van der Waals surface area contributed by atoms with Gasteiger partial charge in [-0.3, -0.25) is 4.79 Å². The lowest BCUT2D eigenvalue weighted by molar-refractivity contribution is 0.104. The second-order valence-electron chi connectivity index (χ2n) is 7.34. The van der Waals surface area contributed by atoms with Gasteiger partial charge in [-0.2, -0.15) is 0 Å². The summed E-state index contributed by atoms with van der Waals surface area (Å²) in [5.41, 5.74) is 5.05. The van der Waals surface area contributed by atoms with Crippen LogP contribution in [0.3, 0.4) is 0 Å². The minimum absolute atomic E-state index is 0.142. The molecule has 0 unspecified atom stereocenters. The molecule has 0 bridgehead atoms. The van der Waals surface area contributed by atoms with Crippen LogP contribution in [-0.4, -0.2) is 16.4 Å². The van der Waals surface area contributed by atoms with E-state index in [1.54, 1.807) is 0 Å². The number of hydrogen-bond donors (Lipinski definition) is 1. The number of nitrogens with zero attached hydrogens (tertiary/aromatic N) is 1. The van der Waals surface area contributed by atoms with E-state index in [4.69, 9.17) is 0 Å². The number of aromatic nitrogens is 1. The van der Waals surface area contributed by atoms with E-state index in [1.165, 1.54) is 37.7 Å². The molecule has 3 nitrogen and oxygen atoms in total. The third kappa shape index (κ3) is 2.08. The van der Waals surface area contributed by atoms with Gasteiger partial charge in [0.25, 0.3) is 0 Å². The minimum Gasteiger partial charge on any atom is -0.368 e. The smallest absolute Gasteiger partial charge is 0.194 e. The summed E-state index contributed by atoms with van der Waals surface area (Å²) in [6.45, 7) is 0. The van der Waals surface area contributed by atoms with Crippen LogP contribution in [0.2, 0.25) is 0 Å². The number of benzene rings is 2. The molecular formula is C22H22N2O. The maximum atomic E-state index is 13.0. The third-order valence-electron chi connectivity index (χ3n) is 5.86. The van der Waals surface area contributed by atoms with Crippen LogP contribution in [0.15, 0.2) is 42.5 Å². The van der Waals surface area contributed by atoms with Gasteiger partial charge in [0.1, 0.15) is 5.82 Å². The first kappa shape index (κ1) is 14.8. The zero-order chi connectivity index (χ0) is 17.0. The Bertz CT molecular complexity index is 993. The van der Waals surface area contributed by atoms with Gasteiger partial charge in [0.2, 0.25) is 0 Å². The van der Waals surface area contributed by atoms with E-state index in [9.17, 15) is 4.79 Å². The van der Waals surface area contributed by atoms with E-state index < -0.39 is 0 Å². The molecule has 25 heavy (non-hydrogen) atoms. The Morgan fingerprint density at radius 1 is 0.920 bits per heavy atom. The molecule has 1 aromatic heterocycles. The van der Waals surface area contributed by atoms with E-state index in [0.29, 0.717) is 6.04 Å². The molecule has 0 aliphatic heterocycles. The van der Waals surface area contributed by atoms with E-state index in [-0.39, 0.29) is 5.78 Å². The molecule has 126 valence electrons. The van der Waals surface area contributed by atoms with Crippen LogP contribution in [0.25, 0.3) is 22.0 Å². The standard InChI is InChI=1S/C22H22N2O/c1-24-18-13-7-12-17-19(18)20(15-10-5-6-11-16(15)21(17)25)22(24)23-14-8-3-2-4-9-14/h5-7,10-14,23H,2-4,8-9H2,1H3. The Kier molecular flexibility index (Phi) is 3.24. The Labute approximate surface area is 147 Å². The zero-order valence-corrected chi connectivity index (χ0v) is 14.5. The summed E-state index contributed by atoms with van der Waals surface area (Å²) in [6, 6.07) is 14.6. The van der Waals surface area contributed by atoms with Crippen molar-refractivity contribution in [3.63, 3.8) is 0 Å². The van der Waals surface area contributed by atoms with Crippen LogP contribution < -0.4 is 5.32 Å². The van der Waals surface area contributed by atoms with Crippen molar-refractivity contribution >= 4 is 22.5 Å². The lowest BCUT2D eigenvalue weighted by Crippen LogP contribution is -2.24. The van der Waals surface area contributed by atoms with Crippen molar-refractivity contribution in [3.05, 3.63) is 53.6 Å². The van der Waals surface area contributed by atoms with Gasteiger partial charge in [-0.25, -0.2) is 0 Å². The number of aryl methyl sites for hydroxylation is 1. The fourth-order valence-electron chi connectivity index (χ4n) is 4.59. The maximum absolute atomic E-state index is 13.0. The maximum Gasteiger partial charge on any atom is 0.194 e. The van der Waals surface area contributed by atoms with Gasteiger partial charge in [-0.1, -0.05) is 55.7 Å². The molecule has 1 fully saturated rings. The van der Waals surface area contributed by atoms with Crippen molar-refractivity contribution in [2.75, 3.05) is 5.32 Å². The molecule has 0 radical (unpaired) electrons. The van der Waals surface area contributed by atoms with Gasteiger partial charge in [0.15, 0.2) is 5.78 Å². The largest absolute Gasteiger partial charge is 0.368 e. The van der Waals surface area contributed by atoms with Gasteiger partial charge >= 0.3 is 0 Å². The molecule has 0 amide bonds. The normalized spacial score (nSPS) is 16.9. The predicted octanol–water partition coefficient (Wildman–Crippen LogP) is 5.13. The molecule has 2 aromatic carbocycles. The molecule has 5 rings (SSSR count). The SMILES string of the molecule is Cn1c(NC2CCCCC2)c2c3c(cccc31)C(=O)c1ccccc1-2. The van der Waals surface area contributed by atoms with Crippen LogP contribution in [0.4, 0.5) is 5.82 Å². The number of carbonyl (C=O) groups excluding carboxylic acids is 1. The predicted molar refractivity (Wildman–Crippen MR) is 102 cm³/mol. The van der Waals surface area contributed by atoms with E-state index in [1.807, 2.05) is 30.3 Å². The fourth-order valence-corrected chi connectivity index (χ4v) is 4.59. The highest BCUT2D eigenvalue weighted by Crippen LogP contribution is 2.45. The number of carbonyl (C=O) groups is 1. The molecule has 1 heterocycles. The molecule has 1 N–H and O–H groups in total. The molecule has 0 atom stereocenters. The molecule has 2 aliphatic rings. The van der Waals surface area contributed by atoms with E-state index in [2.05, 4.69) is 29.1 Å². The highest BCUT2D eigenvalue weighted by atomic mass is 16.1. The highest BCUT2D eigenvalue weighted by molar-refractivity contribution is 6.27. The average molecular weight is 330 g/mol. The topological polar surface area (TPSA) is 34.0 Å². The summed E-state index contributed by atoms with van der Waals surface area (Å²) in [4.78, 5) is 13.0. The van der Waals surface area contributed by atoms with E-state index >= 15 is 0 Å².